The highest BCUT2D eigenvalue weighted by atomic mass is 35.5. The Morgan fingerprint density at radius 1 is 1.08 bits per heavy atom. The summed E-state index contributed by atoms with van der Waals surface area (Å²) in [6.07, 6.45) is 1.51. The molecule has 0 unspecified atom stereocenters. The molecule has 4 heterocycles. The highest BCUT2D eigenvalue weighted by Crippen LogP contribution is 2.52. The summed E-state index contributed by atoms with van der Waals surface area (Å²) in [6.45, 7) is 7.18. The second-order valence-corrected chi connectivity index (χ2v) is 16.5. The molecular formula is C37H44ClF4N5O4. The first-order chi connectivity index (χ1) is 23.9. The Balaban J connectivity index is 1.46. The molecule has 51 heavy (non-hydrogen) atoms. The number of rotatable bonds is 7. The molecule has 4 fully saturated rings. The number of hydrogen-bond acceptors (Lipinski definition) is 7. The lowest BCUT2D eigenvalue weighted by atomic mass is 9.79. The van der Waals surface area contributed by atoms with E-state index in [1.54, 1.807) is 19.2 Å². The molecule has 2 bridgehead atoms. The standard InChI is InChI=1S/C37H44ClF4N5O4/c1-35(2,3)28-27-31(30(40)26(29(28)39)23-13-22(50-6)14-24(38)25(23)19-7-8-19)43-33(51-18-36(4)17-45(5)12-11-37(36,41)42)44-32(27)46-15-20-9-10-21(16-46)47(20)34(48)49/h13-14,19-21H,7-12,15-18H2,1-6H3,(H,48,49)/t20-,21+,36-/m0/s1. The number of benzene rings is 2. The van der Waals surface area contributed by atoms with Gasteiger partial charge < -0.3 is 24.4 Å². The summed E-state index contributed by atoms with van der Waals surface area (Å²) in [5.74, 6) is -4.27. The quantitative estimate of drug-likeness (QED) is 0.244. The van der Waals surface area contributed by atoms with E-state index in [-0.39, 0.29) is 90.0 Å². The predicted molar refractivity (Wildman–Crippen MR) is 187 cm³/mol. The summed E-state index contributed by atoms with van der Waals surface area (Å²) < 4.78 is 77.0. The fourth-order valence-electron chi connectivity index (χ4n) is 8.39. The molecule has 276 valence electrons. The van der Waals surface area contributed by atoms with Crippen LogP contribution >= 0.6 is 11.6 Å². The van der Waals surface area contributed by atoms with Crippen molar-refractivity contribution in [2.45, 2.75) is 89.1 Å². The van der Waals surface area contributed by atoms with Crippen molar-refractivity contribution in [3.63, 3.8) is 0 Å². The molecule has 0 radical (unpaired) electrons. The first kappa shape index (κ1) is 35.8. The Morgan fingerprint density at radius 2 is 1.75 bits per heavy atom. The topological polar surface area (TPSA) is 91.3 Å². The summed E-state index contributed by atoms with van der Waals surface area (Å²) in [5.41, 5.74) is -1.98. The molecule has 1 N–H and O–H groups in total. The Morgan fingerprint density at radius 3 is 2.33 bits per heavy atom. The summed E-state index contributed by atoms with van der Waals surface area (Å²) in [6, 6.07) is 2.18. The third-order valence-electron chi connectivity index (χ3n) is 11.2. The van der Waals surface area contributed by atoms with Gasteiger partial charge in [-0.05, 0) is 74.2 Å². The minimum atomic E-state index is -3.04. The molecule has 2 aromatic carbocycles. The fraction of sp³-hybridized carbons (Fsp3) is 0.595. The number of piperazine rings is 1. The fourth-order valence-corrected chi connectivity index (χ4v) is 8.76. The number of carbonyl (C=O) groups is 1. The number of aromatic nitrogens is 2. The summed E-state index contributed by atoms with van der Waals surface area (Å²) >= 11 is 6.74. The minimum Gasteiger partial charge on any atom is -0.497 e. The second kappa shape index (κ2) is 12.5. The van der Waals surface area contributed by atoms with Gasteiger partial charge in [-0.15, -0.1) is 0 Å². The maximum Gasteiger partial charge on any atom is 0.407 e. The lowest BCUT2D eigenvalue weighted by molar-refractivity contribution is -0.169. The van der Waals surface area contributed by atoms with Crippen LogP contribution in [0.15, 0.2) is 12.1 Å². The van der Waals surface area contributed by atoms with Crippen molar-refractivity contribution in [3.05, 3.63) is 39.9 Å². The number of alkyl halides is 2. The Kier molecular flexibility index (Phi) is 8.80. The summed E-state index contributed by atoms with van der Waals surface area (Å²) in [5, 5.41) is 10.4. The van der Waals surface area contributed by atoms with Crippen LogP contribution in [0.4, 0.5) is 28.2 Å². The molecule has 3 saturated heterocycles. The molecule has 1 saturated carbocycles. The normalized spacial score (nSPS) is 25.1. The van der Waals surface area contributed by atoms with Gasteiger partial charge >= 0.3 is 12.1 Å². The van der Waals surface area contributed by atoms with E-state index in [2.05, 4.69) is 4.98 Å². The summed E-state index contributed by atoms with van der Waals surface area (Å²) in [7, 11) is 3.22. The van der Waals surface area contributed by atoms with Gasteiger partial charge in [0.05, 0.1) is 35.6 Å². The van der Waals surface area contributed by atoms with Crippen molar-refractivity contribution in [2.75, 3.05) is 51.8 Å². The zero-order valence-electron chi connectivity index (χ0n) is 29.8. The number of likely N-dealkylation sites (tertiary alicyclic amines) is 1. The largest absolute Gasteiger partial charge is 0.497 e. The van der Waals surface area contributed by atoms with Gasteiger partial charge in [-0.25, -0.2) is 22.4 Å². The number of fused-ring (bicyclic) bond motifs is 3. The number of amides is 1. The number of halogens is 5. The average Bonchev–Trinajstić information content (AvgIpc) is 3.84. The van der Waals surface area contributed by atoms with Gasteiger partial charge in [-0.2, -0.15) is 9.97 Å². The number of anilines is 1. The van der Waals surface area contributed by atoms with Crippen LogP contribution in [-0.2, 0) is 5.41 Å². The molecule has 7 rings (SSSR count). The van der Waals surface area contributed by atoms with E-state index in [1.165, 1.54) is 18.9 Å². The predicted octanol–water partition coefficient (Wildman–Crippen LogP) is 8.10. The Bertz CT molecular complexity index is 1890. The molecule has 1 aliphatic carbocycles. The monoisotopic (exact) mass is 733 g/mol. The molecule has 1 amide bonds. The van der Waals surface area contributed by atoms with Gasteiger partial charge in [-0.1, -0.05) is 32.4 Å². The van der Waals surface area contributed by atoms with E-state index in [9.17, 15) is 9.90 Å². The van der Waals surface area contributed by atoms with Crippen LogP contribution in [0.25, 0.3) is 22.0 Å². The Hall–Kier alpha value is -3.58. The molecule has 14 heteroatoms. The van der Waals surface area contributed by atoms with E-state index < -0.39 is 41.1 Å². The first-order valence-corrected chi connectivity index (χ1v) is 17.9. The highest BCUT2D eigenvalue weighted by molar-refractivity contribution is 6.32. The number of nitrogens with zero attached hydrogens (tertiary/aromatic N) is 5. The van der Waals surface area contributed by atoms with Crippen LogP contribution in [0.3, 0.4) is 0 Å². The maximum absolute atomic E-state index is 17.4. The van der Waals surface area contributed by atoms with Gasteiger partial charge in [0.25, 0.3) is 5.92 Å². The third-order valence-corrected chi connectivity index (χ3v) is 11.5. The van der Waals surface area contributed by atoms with Crippen molar-refractivity contribution in [1.82, 2.24) is 19.8 Å². The van der Waals surface area contributed by atoms with Crippen LogP contribution in [0.1, 0.15) is 76.8 Å². The smallest absolute Gasteiger partial charge is 0.407 e. The van der Waals surface area contributed by atoms with E-state index in [0.29, 0.717) is 29.2 Å². The lowest BCUT2D eigenvalue weighted by Gasteiger charge is -2.44. The first-order valence-electron chi connectivity index (χ1n) is 17.5. The van der Waals surface area contributed by atoms with Gasteiger partial charge in [0.1, 0.15) is 29.5 Å². The summed E-state index contributed by atoms with van der Waals surface area (Å²) in [4.78, 5) is 26.5. The molecule has 3 aromatic rings. The zero-order valence-corrected chi connectivity index (χ0v) is 30.5. The lowest BCUT2D eigenvalue weighted by Crippen LogP contribution is -2.56. The van der Waals surface area contributed by atoms with Gasteiger partial charge in [-0.3, -0.25) is 4.90 Å². The minimum absolute atomic E-state index is 0.0166. The van der Waals surface area contributed by atoms with E-state index in [0.717, 1.165) is 12.8 Å². The van der Waals surface area contributed by atoms with Gasteiger partial charge in [0.15, 0.2) is 5.82 Å². The molecule has 3 aliphatic heterocycles. The van der Waals surface area contributed by atoms with Crippen molar-refractivity contribution < 1.29 is 36.9 Å². The molecule has 1 aromatic heterocycles. The molecule has 9 nitrogen and oxygen atoms in total. The van der Waals surface area contributed by atoms with Gasteiger partial charge in [0, 0.05) is 43.2 Å². The number of hydrogen-bond donors (Lipinski definition) is 1. The third kappa shape index (κ3) is 6.11. The van der Waals surface area contributed by atoms with E-state index in [4.69, 9.17) is 26.1 Å². The molecule has 4 aliphatic rings. The van der Waals surface area contributed by atoms with Crippen LogP contribution < -0.4 is 14.4 Å². The van der Waals surface area contributed by atoms with E-state index in [1.807, 2.05) is 30.6 Å². The SMILES string of the molecule is COc1cc(Cl)c(C2CC2)c(-c2c(F)c(C(C)(C)C)c3c(N4C[C@H]5CC[C@@H](C4)N5C(=O)O)nc(OC[C@]4(C)CN(C)CCC4(F)F)nc3c2F)c1. The number of ether oxygens (including phenoxy) is 2. The molecular weight excluding hydrogens is 690 g/mol. The van der Waals surface area contributed by atoms with Crippen molar-refractivity contribution in [3.8, 4) is 22.9 Å². The van der Waals surface area contributed by atoms with E-state index >= 15 is 17.6 Å². The van der Waals surface area contributed by atoms with Crippen molar-refractivity contribution in [2.24, 2.45) is 5.41 Å². The molecule has 0 spiro atoms. The van der Waals surface area contributed by atoms with Crippen molar-refractivity contribution in [1.29, 1.82) is 0 Å². The second-order valence-electron chi connectivity index (χ2n) is 16.0. The van der Waals surface area contributed by atoms with Gasteiger partial charge in [0.2, 0.25) is 0 Å². The van der Waals surface area contributed by atoms with Crippen LogP contribution in [0.5, 0.6) is 11.8 Å². The number of carboxylic acid groups (broad SMARTS) is 1. The number of piperidine rings is 1. The maximum atomic E-state index is 17.4. The van der Waals surface area contributed by atoms with Crippen LogP contribution in [0, 0.1) is 17.0 Å². The number of methoxy groups -OCH3 is 1. The Labute approximate surface area is 299 Å². The molecule has 3 atom stereocenters. The highest BCUT2D eigenvalue weighted by Gasteiger charge is 2.54. The van der Waals surface area contributed by atoms with Crippen LogP contribution in [-0.4, -0.2) is 95.9 Å². The zero-order chi connectivity index (χ0) is 36.8. The van der Waals surface area contributed by atoms with Crippen molar-refractivity contribution >= 4 is 34.4 Å². The average molecular weight is 734 g/mol. The van der Waals surface area contributed by atoms with Crippen LogP contribution in [0.2, 0.25) is 5.02 Å².